The third kappa shape index (κ3) is 5.54. The lowest BCUT2D eigenvalue weighted by atomic mass is 9.83. The maximum Gasteiger partial charge on any atom is 0.387 e. The van der Waals surface area contributed by atoms with Gasteiger partial charge in [0.15, 0.2) is 18.1 Å². The predicted molar refractivity (Wildman–Crippen MR) is 89.5 cm³/mol. The molecule has 1 amide bonds. The van der Waals surface area contributed by atoms with E-state index in [2.05, 4.69) is 16.1 Å². The van der Waals surface area contributed by atoms with Crippen LogP contribution in [-0.2, 0) is 9.53 Å². The Morgan fingerprint density at radius 1 is 1.26 bits per heavy atom. The number of esters is 1. The molecule has 1 aromatic rings. The number of nitriles is 1. The van der Waals surface area contributed by atoms with Crippen LogP contribution in [0.25, 0.3) is 0 Å². The molecule has 1 aromatic carbocycles. The molecule has 0 heterocycles. The summed E-state index contributed by atoms with van der Waals surface area (Å²) < 4.78 is 38.8. The van der Waals surface area contributed by atoms with Gasteiger partial charge in [-0.25, -0.2) is 4.79 Å². The van der Waals surface area contributed by atoms with Crippen molar-refractivity contribution in [2.75, 3.05) is 13.7 Å². The number of halogens is 2. The summed E-state index contributed by atoms with van der Waals surface area (Å²) in [6, 6.07) is 5.68. The first-order valence-corrected chi connectivity index (χ1v) is 8.41. The molecule has 0 bridgehead atoms. The number of nitrogens with zero attached hydrogens (tertiary/aromatic N) is 1. The van der Waals surface area contributed by atoms with Crippen molar-refractivity contribution in [3.63, 3.8) is 0 Å². The third-order valence-corrected chi connectivity index (χ3v) is 4.25. The van der Waals surface area contributed by atoms with Crippen LogP contribution in [0, 0.1) is 11.3 Å². The lowest BCUT2D eigenvalue weighted by molar-refractivity contribution is -0.125. The fourth-order valence-electron chi connectivity index (χ4n) is 2.93. The lowest BCUT2D eigenvalue weighted by Gasteiger charge is -2.31. The summed E-state index contributed by atoms with van der Waals surface area (Å²) in [5.74, 6) is -1.70. The van der Waals surface area contributed by atoms with E-state index in [9.17, 15) is 23.6 Å². The minimum Gasteiger partial charge on any atom is -0.493 e. The molecule has 27 heavy (non-hydrogen) atoms. The maximum atomic E-state index is 12.3. The summed E-state index contributed by atoms with van der Waals surface area (Å²) in [6.45, 7) is -3.59. The van der Waals surface area contributed by atoms with E-state index in [1.54, 1.807) is 0 Å². The monoisotopic (exact) mass is 382 g/mol. The van der Waals surface area contributed by atoms with E-state index in [0.29, 0.717) is 12.8 Å². The summed E-state index contributed by atoms with van der Waals surface area (Å²) in [5.41, 5.74) is -0.909. The zero-order chi connectivity index (χ0) is 19.9. The average Bonchev–Trinajstić information content (AvgIpc) is 2.66. The molecule has 146 valence electrons. The van der Waals surface area contributed by atoms with Crippen LogP contribution in [0.1, 0.15) is 42.5 Å². The highest BCUT2D eigenvalue weighted by atomic mass is 19.3. The summed E-state index contributed by atoms with van der Waals surface area (Å²) in [4.78, 5) is 24.1. The van der Waals surface area contributed by atoms with Crippen molar-refractivity contribution >= 4 is 11.9 Å². The van der Waals surface area contributed by atoms with Gasteiger partial charge in [-0.3, -0.25) is 4.79 Å². The van der Waals surface area contributed by atoms with Crippen molar-refractivity contribution in [2.24, 2.45) is 0 Å². The van der Waals surface area contributed by atoms with Crippen molar-refractivity contribution in [1.82, 2.24) is 5.32 Å². The Balaban J connectivity index is 1.95. The van der Waals surface area contributed by atoms with Crippen molar-refractivity contribution in [2.45, 2.75) is 44.3 Å². The molecule has 1 saturated carbocycles. The van der Waals surface area contributed by atoms with Gasteiger partial charge < -0.3 is 19.5 Å². The first-order valence-electron chi connectivity index (χ1n) is 8.41. The second-order valence-electron chi connectivity index (χ2n) is 6.12. The number of carbonyl (C=O) groups excluding carboxylic acids is 2. The standard InChI is InChI=1S/C18H20F2N2O5/c1-25-14-9-12(5-6-13(14)27-17(19)20)16(24)26-10-15(23)22-18(11-21)7-3-2-4-8-18/h5-6,9,17H,2-4,7-8,10H2,1H3,(H,22,23). The van der Waals surface area contributed by atoms with Crippen LogP contribution in [0.2, 0.25) is 0 Å². The number of ether oxygens (including phenoxy) is 3. The molecule has 2 rings (SSSR count). The molecule has 1 fully saturated rings. The van der Waals surface area contributed by atoms with Gasteiger partial charge in [0.1, 0.15) is 5.54 Å². The molecule has 0 aromatic heterocycles. The first-order chi connectivity index (χ1) is 12.9. The van der Waals surface area contributed by atoms with Crippen LogP contribution < -0.4 is 14.8 Å². The Bertz CT molecular complexity index is 727. The smallest absolute Gasteiger partial charge is 0.387 e. The second-order valence-corrected chi connectivity index (χ2v) is 6.12. The molecule has 0 radical (unpaired) electrons. The molecule has 0 aliphatic heterocycles. The van der Waals surface area contributed by atoms with Gasteiger partial charge in [0.25, 0.3) is 5.91 Å². The third-order valence-electron chi connectivity index (χ3n) is 4.25. The number of hydrogen-bond donors (Lipinski definition) is 1. The highest BCUT2D eigenvalue weighted by Gasteiger charge is 2.33. The Labute approximate surface area is 155 Å². The summed E-state index contributed by atoms with van der Waals surface area (Å²) in [5, 5.41) is 12.0. The highest BCUT2D eigenvalue weighted by Crippen LogP contribution is 2.30. The fourth-order valence-corrected chi connectivity index (χ4v) is 2.93. The average molecular weight is 382 g/mol. The number of nitrogens with one attached hydrogen (secondary N) is 1. The van der Waals surface area contributed by atoms with Crippen LogP contribution >= 0.6 is 0 Å². The van der Waals surface area contributed by atoms with Gasteiger partial charge in [-0.05, 0) is 31.0 Å². The number of rotatable bonds is 7. The Morgan fingerprint density at radius 2 is 1.96 bits per heavy atom. The normalized spacial score (nSPS) is 15.5. The largest absolute Gasteiger partial charge is 0.493 e. The van der Waals surface area contributed by atoms with Gasteiger partial charge in [0.05, 0.1) is 18.7 Å². The van der Waals surface area contributed by atoms with Crippen molar-refractivity contribution in [1.29, 1.82) is 5.26 Å². The van der Waals surface area contributed by atoms with Crippen LogP contribution in [0.4, 0.5) is 8.78 Å². The van der Waals surface area contributed by atoms with Crippen molar-refractivity contribution in [3.8, 4) is 17.6 Å². The van der Waals surface area contributed by atoms with Gasteiger partial charge >= 0.3 is 12.6 Å². The predicted octanol–water partition coefficient (Wildman–Crippen LogP) is 2.80. The van der Waals surface area contributed by atoms with E-state index in [-0.39, 0.29) is 17.1 Å². The van der Waals surface area contributed by atoms with E-state index >= 15 is 0 Å². The molecule has 7 nitrogen and oxygen atoms in total. The minimum absolute atomic E-state index is 0.00827. The molecular weight excluding hydrogens is 362 g/mol. The zero-order valence-corrected chi connectivity index (χ0v) is 14.8. The molecule has 0 spiro atoms. The van der Waals surface area contributed by atoms with Crippen LogP contribution in [0.5, 0.6) is 11.5 Å². The molecule has 0 unspecified atom stereocenters. The molecule has 9 heteroatoms. The zero-order valence-electron chi connectivity index (χ0n) is 14.8. The van der Waals surface area contributed by atoms with Crippen LogP contribution in [0.15, 0.2) is 18.2 Å². The summed E-state index contributed by atoms with van der Waals surface area (Å²) >= 11 is 0. The number of carbonyl (C=O) groups is 2. The van der Waals surface area contributed by atoms with Crippen molar-refractivity contribution in [3.05, 3.63) is 23.8 Å². The van der Waals surface area contributed by atoms with Gasteiger partial charge in [-0.1, -0.05) is 19.3 Å². The Kier molecular flexibility index (Phi) is 6.93. The van der Waals surface area contributed by atoms with Crippen LogP contribution in [0.3, 0.4) is 0 Å². The number of hydrogen-bond acceptors (Lipinski definition) is 6. The van der Waals surface area contributed by atoms with E-state index in [0.717, 1.165) is 25.3 Å². The summed E-state index contributed by atoms with van der Waals surface area (Å²) in [6.07, 6.45) is 3.83. The molecular formula is C18H20F2N2O5. The number of alkyl halides is 2. The minimum atomic E-state index is -3.03. The topological polar surface area (TPSA) is 97.6 Å². The highest BCUT2D eigenvalue weighted by molar-refractivity contribution is 5.92. The van der Waals surface area contributed by atoms with Crippen LogP contribution in [-0.4, -0.2) is 37.7 Å². The Hall–Kier alpha value is -2.89. The van der Waals surface area contributed by atoms with E-state index in [1.807, 2.05) is 0 Å². The van der Waals surface area contributed by atoms with E-state index in [4.69, 9.17) is 9.47 Å². The lowest BCUT2D eigenvalue weighted by Crippen LogP contribution is -2.50. The van der Waals surface area contributed by atoms with Gasteiger partial charge in [-0.15, -0.1) is 0 Å². The summed E-state index contributed by atoms with van der Waals surface area (Å²) in [7, 11) is 1.24. The maximum absolute atomic E-state index is 12.3. The second kappa shape index (κ2) is 9.16. The quantitative estimate of drug-likeness (QED) is 0.729. The van der Waals surface area contributed by atoms with Gasteiger partial charge in [0, 0.05) is 0 Å². The molecule has 1 aliphatic rings. The molecule has 0 atom stereocenters. The number of amides is 1. The molecule has 0 saturated heterocycles. The van der Waals surface area contributed by atoms with E-state index < -0.39 is 30.6 Å². The molecule has 1 N–H and O–H groups in total. The molecule has 1 aliphatic carbocycles. The van der Waals surface area contributed by atoms with Crippen molar-refractivity contribution < 1.29 is 32.6 Å². The van der Waals surface area contributed by atoms with E-state index in [1.165, 1.54) is 19.2 Å². The van der Waals surface area contributed by atoms with Gasteiger partial charge in [0.2, 0.25) is 0 Å². The van der Waals surface area contributed by atoms with Gasteiger partial charge in [-0.2, -0.15) is 14.0 Å². The Morgan fingerprint density at radius 3 is 2.56 bits per heavy atom. The first kappa shape index (κ1) is 20.4. The number of benzene rings is 1. The fraction of sp³-hybridized carbons (Fsp3) is 0.500. The number of methoxy groups -OCH3 is 1. The SMILES string of the molecule is COc1cc(C(=O)OCC(=O)NC2(C#N)CCCCC2)ccc1OC(F)F.